The Bertz CT molecular complexity index is 418. The number of nitrogens with zero attached hydrogens (tertiary/aromatic N) is 1. The highest BCUT2D eigenvalue weighted by Gasteiger charge is 2.14. The number of ether oxygens (including phenoxy) is 2. The molecule has 0 bridgehead atoms. The molecule has 1 aromatic rings. The third-order valence-corrected chi connectivity index (χ3v) is 1.92. The largest absolute Gasteiger partial charge is 0.490 e. The minimum absolute atomic E-state index is 0.0691. The van der Waals surface area contributed by atoms with Gasteiger partial charge in [0.2, 0.25) is 0 Å². The molecule has 0 aliphatic rings. The quantitative estimate of drug-likeness (QED) is 0.805. The summed E-state index contributed by atoms with van der Waals surface area (Å²) in [6, 6.07) is 5.48. The van der Waals surface area contributed by atoms with Crippen LogP contribution in [0.5, 0.6) is 11.5 Å². The second kappa shape index (κ2) is 6.01. The van der Waals surface area contributed by atoms with Gasteiger partial charge in [0.1, 0.15) is 0 Å². The van der Waals surface area contributed by atoms with E-state index in [9.17, 15) is 13.9 Å². The molecule has 92 valence electrons. The second-order valence-corrected chi connectivity index (χ2v) is 3.05. The van der Waals surface area contributed by atoms with Gasteiger partial charge in [-0.05, 0) is 24.6 Å². The van der Waals surface area contributed by atoms with Crippen LogP contribution >= 0.6 is 0 Å². The van der Waals surface area contributed by atoms with Crippen molar-refractivity contribution in [3.8, 4) is 17.6 Å². The van der Waals surface area contributed by atoms with Gasteiger partial charge in [-0.25, -0.2) is 0 Å². The summed E-state index contributed by atoms with van der Waals surface area (Å²) >= 11 is 0. The third-order valence-electron chi connectivity index (χ3n) is 1.92. The zero-order valence-corrected chi connectivity index (χ0v) is 9.06. The molecule has 0 heterocycles. The summed E-state index contributed by atoms with van der Waals surface area (Å²) < 4.78 is 33.5. The number of nitriles is 1. The fourth-order valence-electron chi connectivity index (χ4n) is 1.23. The maximum Gasteiger partial charge on any atom is 0.387 e. The standard InChI is InChI=1S/C11H11F2NO3/c1-2-16-10-5-7(8(15)6-14)3-4-9(10)17-11(12)13/h3-5,8,11,15H,2H2,1H3. The predicted molar refractivity (Wildman–Crippen MR) is 54.8 cm³/mol. The van der Waals surface area contributed by atoms with Gasteiger partial charge < -0.3 is 14.6 Å². The number of hydrogen-bond donors (Lipinski definition) is 1. The summed E-state index contributed by atoms with van der Waals surface area (Å²) in [5.74, 6) is -0.0599. The highest BCUT2D eigenvalue weighted by molar-refractivity contribution is 5.44. The molecule has 1 rings (SSSR count). The Labute approximate surface area is 97.0 Å². The molecule has 0 saturated heterocycles. The van der Waals surface area contributed by atoms with Crippen molar-refractivity contribution in [2.24, 2.45) is 0 Å². The van der Waals surface area contributed by atoms with Gasteiger partial charge in [-0.2, -0.15) is 14.0 Å². The van der Waals surface area contributed by atoms with Crippen LogP contribution in [0.4, 0.5) is 8.78 Å². The molecule has 6 heteroatoms. The summed E-state index contributed by atoms with van der Waals surface area (Å²) in [7, 11) is 0. The summed E-state index contributed by atoms with van der Waals surface area (Å²) in [6.45, 7) is -1.02. The topological polar surface area (TPSA) is 62.5 Å². The van der Waals surface area contributed by atoms with Crippen molar-refractivity contribution < 1.29 is 23.4 Å². The van der Waals surface area contributed by atoms with Crippen molar-refractivity contribution in [2.75, 3.05) is 6.61 Å². The second-order valence-electron chi connectivity index (χ2n) is 3.05. The summed E-state index contributed by atoms with van der Waals surface area (Å²) in [5, 5.41) is 17.8. The Morgan fingerprint density at radius 3 is 2.65 bits per heavy atom. The first kappa shape index (κ1) is 13.2. The van der Waals surface area contributed by atoms with Crippen molar-refractivity contribution >= 4 is 0 Å². The Morgan fingerprint density at radius 1 is 1.41 bits per heavy atom. The fourth-order valence-corrected chi connectivity index (χ4v) is 1.23. The molecule has 1 N–H and O–H groups in total. The molecule has 0 radical (unpaired) electrons. The average Bonchev–Trinajstić information content (AvgIpc) is 2.30. The molecule has 1 unspecified atom stereocenters. The number of halogens is 2. The van der Waals surface area contributed by atoms with Crippen LogP contribution in [0.25, 0.3) is 0 Å². The van der Waals surface area contributed by atoms with E-state index in [1.54, 1.807) is 13.0 Å². The predicted octanol–water partition coefficient (Wildman–Crippen LogP) is 2.24. The van der Waals surface area contributed by atoms with Crippen molar-refractivity contribution in [3.63, 3.8) is 0 Å². The van der Waals surface area contributed by atoms with E-state index in [0.29, 0.717) is 0 Å². The normalized spacial score (nSPS) is 12.0. The van der Waals surface area contributed by atoms with Crippen LogP contribution in [-0.4, -0.2) is 18.3 Å². The molecule has 1 aromatic carbocycles. The number of aliphatic hydroxyl groups excluding tert-OH is 1. The first-order valence-electron chi connectivity index (χ1n) is 4.87. The highest BCUT2D eigenvalue weighted by atomic mass is 19.3. The van der Waals surface area contributed by atoms with E-state index >= 15 is 0 Å². The van der Waals surface area contributed by atoms with Gasteiger partial charge >= 0.3 is 6.61 Å². The lowest BCUT2D eigenvalue weighted by atomic mass is 10.1. The Kier molecular flexibility index (Phi) is 4.67. The van der Waals surface area contributed by atoms with Gasteiger partial charge in [0.05, 0.1) is 12.7 Å². The van der Waals surface area contributed by atoms with Crippen LogP contribution in [0.3, 0.4) is 0 Å². The number of alkyl halides is 2. The zero-order valence-electron chi connectivity index (χ0n) is 9.06. The first-order valence-corrected chi connectivity index (χ1v) is 4.87. The maximum atomic E-state index is 12.1. The van der Waals surface area contributed by atoms with Crippen LogP contribution < -0.4 is 9.47 Å². The van der Waals surface area contributed by atoms with Crippen molar-refractivity contribution in [2.45, 2.75) is 19.6 Å². The molecule has 0 amide bonds. The van der Waals surface area contributed by atoms with Gasteiger partial charge in [-0.3, -0.25) is 0 Å². The lowest BCUT2D eigenvalue weighted by molar-refractivity contribution is -0.0514. The number of aliphatic hydroxyl groups is 1. The van der Waals surface area contributed by atoms with E-state index in [1.807, 2.05) is 0 Å². The van der Waals surface area contributed by atoms with Crippen LogP contribution in [0.2, 0.25) is 0 Å². The van der Waals surface area contributed by atoms with E-state index in [2.05, 4.69) is 4.74 Å². The van der Waals surface area contributed by atoms with E-state index in [4.69, 9.17) is 10.00 Å². The van der Waals surface area contributed by atoms with Crippen LogP contribution in [0.1, 0.15) is 18.6 Å². The van der Waals surface area contributed by atoms with E-state index in [0.717, 1.165) is 0 Å². The molecule has 0 saturated carbocycles. The summed E-state index contributed by atoms with van der Waals surface area (Å²) in [5.41, 5.74) is 0.262. The lowest BCUT2D eigenvalue weighted by Gasteiger charge is -2.13. The molecule has 0 spiro atoms. The van der Waals surface area contributed by atoms with E-state index in [-0.39, 0.29) is 23.7 Å². The maximum absolute atomic E-state index is 12.1. The number of benzene rings is 1. The first-order chi connectivity index (χ1) is 8.08. The zero-order chi connectivity index (χ0) is 12.8. The smallest absolute Gasteiger partial charge is 0.387 e. The van der Waals surface area contributed by atoms with Crippen molar-refractivity contribution in [3.05, 3.63) is 23.8 Å². The lowest BCUT2D eigenvalue weighted by Crippen LogP contribution is -2.05. The van der Waals surface area contributed by atoms with E-state index < -0.39 is 12.7 Å². The van der Waals surface area contributed by atoms with Crippen molar-refractivity contribution in [1.29, 1.82) is 5.26 Å². The van der Waals surface area contributed by atoms with Gasteiger partial charge in [-0.15, -0.1) is 0 Å². The van der Waals surface area contributed by atoms with Gasteiger partial charge in [0.15, 0.2) is 17.6 Å². The molecule has 4 nitrogen and oxygen atoms in total. The summed E-state index contributed by atoms with van der Waals surface area (Å²) in [6.07, 6.45) is -1.32. The molecule has 0 fully saturated rings. The van der Waals surface area contributed by atoms with E-state index in [1.165, 1.54) is 18.2 Å². The van der Waals surface area contributed by atoms with Crippen molar-refractivity contribution in [1.82, 2.24) is 0 Å². The van der Waals surface area contributed by atoms with Gasteiger partial charge in [0, 0.05) is 0 Å². The number of rotatable bonds is 5. The summed E-state index contributed by atoms with van der Waals surface area (Å²) in [4.78, 5) is 0. The molecular formula is C11H11F2NO3. The van der Waals surface area contributed by atoms with Crippen LogP contribution in [0.15, 0.2) is 18.2 Å². The Morgan fingerprint density at radius 2 is 2.12 bits per heavy atom. The number of hydrogen-bond acceptors (Lipinski definition) is 4. The fraction of sp³-hybridized carbons (Fsp3) is 0.364. The highest BCUT2D eigenvalue weighted by Crippen LogP contribution is 2.31. The Hall–Kier alpha value is -1.87. The SMILES string of the molecule is CCOc1cc(C(O)C#N)ccc1OC(F)F. The Balaban J connectivity index is 3.04. The monoisotopic (exact) mass is 243 g/mol. The van der Waals surface area contributed by atoms with Crippen LogP contribution in [0, 0.1) is 11.3 Å². The molecule has 17 heavy (non-hydrogen) atoms. The minimum Gasteiger partial charge on any atom is -0.490 e. The molecule has 0 aliphatic carbocycles. The third kappa shape index (κ3) is 3.57. The molecule has 0 aromatic heterocycles. The van der Waals surface area contributed by atoms with Gasteiger partial charge in [-0.1, -0.05) is 6.07 Å². The minimum atomic E-state index is -2.96. The van der Waals surface area contributed by atoms with Gasteiger partial charge in [0.25, 0.3) is 0 Å². The molecule has 0 aliphatic heterocycles. The van der Waals surface area contributed by atoms with Crippen LogP contribution in [-0.2, 0) is 0 Å². The molecule has 1 atom stereocenters. The molecular weight excluding hydrogens is 232 g/mol. The average molecular weight is 243 g/mol.